The van der Waals surface area contributed by atoms with E-state index in [1.165, 1.54) is 11.1 Å². The maximum absolute atomic E-state index is 13.8. The second kappa shape index (κ2) is 14.5. The van der Waals surface area contributed by atoms with Crippen molar-refractivity contribution in [3.63, 3.8) is 0 Å². The number of nitrogens with zero attached hydrogens (tertiary/aromatic N) is 4. The minimum Gasteiger partial charge on any atom is -0.494 e. The van der Waals surface area contributed by atoms with Gasteiger partial charge in [-0.2, -0.15) is 11.8 Å². The third-order valence-electron chi connectivity index (χ3n) is 8.04. The van der Waals surface area contributed by atoms with Crippen molar-refractivity contribution in [2.24, 2.45) is 5.92 Å². The van der Waals surface area contributed by atoms with E-state index in [1.54, 1.807) is 22.5 Å². The van der Waals surface area contributed by atoms with E-state index < -0.39 is 6.04 Å². The van der Waals surface area contributed by atoms with Crippen molar-refractivity contribution in [3.8, 4) is 5.75 Å². The first-order valence-electron chi connectivity index (χ1n) is 15.0. The number of nitrogens with one attached hydrogen (secondary N) is 2. The molecule has 2 aliphatic rings. The van der Waals surface area contributed by atoms with Crippen LogP contribution in [0.15, 0.2) is 48.7 Å². The molecular weight excluding hydrogens is 564 g/mol. The molecule has 3 amide bonds. The number of benzene rings is 2. The van der Waals surface area contributed by atoms with E-state index in [-0.39, 0.29) is 23.6 Å². The van der Waals surface area contributed by atoms with Gasteiger partial charge in [-0.1, -0.05) is 35.5 Å². The monoisotopic (exact) mass is 604 g/mol. The number of ether oxygens (including phenoxy) is 1. The molecule has 0 radical (unpaired) electrons. The van der Waals surface area contributed by atoms with Gasteiger partial charge in [0.05, 0.1) is 19.3 Å². The molecule has 228 valence electrons. The molecular formula is C32H40N6O4S. The third-order valence-corrected chi connectivity index (χ3v) is 8.69. The van der Waals surface area contributed by atoms with Gasteiger partial charge in [-0.05, 0) is 73.4 Å². The number of carbonyl (C=O) groups is 3. The number of hydrogen-bond donors (Lipinski definition) is 2. The number of aryl methyl sites for hydroxylation is 2. The molecule has 0 saturated carbocycles. The minimum absolute atomic E-state index is 0.0919. The second-order valence-electron chi connectivity index (χ2n) is 11.2. The summed E-state index contributed by atoms with van der Waals surface area (Å²) in [4.78, 5) is 42.1. The minimum atomic E-state index is -0.667. The van der Waals surface area contributed by atoms with Crippen molar-refractivity contribution in [2.75, 3.05) is 31.7 Å². The number of hydrogen-bond acceptors (Lipinski definition) is 7. The van der Waals surface area contributed by atoms with Crippen LogP contribution in [0.5, 0.6) is 5.75 Å². The molecule has 5 rings (SSSR count). The number of fused-ring (bicyclic) bond motifs is 5. The highest BCUT2D eigenvalue weighted by Gasteiger charge is 2.31. The lowest BCUT2D eigenvalue weighted by atomic mass is 10.0. The van der Waals surface area contributed by atoms with Crippen LogP contribution in [-0.2, 0) is 35.5 Å². The predicted molar refractivity (Wildman–Crippen MR) is 166 cm³/mol. The lowest BCUT2D eigenvalue weighted by Gasteiger charge is -2.25. The largest absolute Gasteiger partial charge is 0.494 e. The summed E-state index contributed by atoms with van der Waals surface area (Å²) in [5.41, 5.74) is 4.48. The lowest BCUT2D eigenvalue weighted by molar-refractivity contribution is -0.136. The quantitative estimate of drug-likeness (QED) is 0.470. The van der Waals surface area contributed by atoms with E-state index in [4.69, 9.17) is 4.74 Å². The molecule has 4 bridgehead atoms. The van der Waals surface area contributed by atoms with E-state index in [0.29, 0.717) is 63.4 Å². The number of amides is 3. The zero-order chi connectivity index (χ0) is 30.2. The Kier molecular flexibility index (Phi) is 10.3. The average molecular weight is 605 g/mol. The molecule has 11 heteroatoms. The van der Waals surface area contributed by atoms with Crippen LogP contribution in [0.3, 0.4) is 0 Å². The van der Waals surface area contributed by atoms with Crippen molar-refractivity contribution in [1.29, 1.82) is 0 Å². The Hall–Kier alpha value is -3.86. The SMILES string of the molecule is CSCC[C@@H]1NC(=O)c2cc(ccc2C)OCCCn2cc(nn2)CN(C(=O)C2Cc3ccccc3C2)CCCNC1=O. The van der Waals surface area contributed by atoms with Crippen LogP contribution in [0.1, 0.15) is 52.0 Å². The summed E-state index contributed by atoms with van der Waals surface area (Å²) in [5.74, 6) is 0.771. The summed E-state index contributed by atoms with van der Waals surface area (Å²) < 4.78 is 7.72. The number of rotatable bonds is 4. The number of carbonyl (C=O) groups excluding carboxylic acids is 3. The van der Waals surface area contributed by atoms with Crippen LogP contribution in [0, 0.1) is 12.8 Å². The molecule has 10 nitrogen and oxygen atoms in total. The highest BCUT2D eigenvalue weighted by molar-refractivity contribution is 7.98. The summed E-state index contributed by atoms with van der Waals surface area (Å²) in [6, 6.07) is 13.0. The Bertz CT molecular complexity index is 1420. The molecule has 0 saturated heterocycles. The topological polar surface area (TPSA) is 118 Å². The first-order valence-corrected chi connectivity index (χ1v) is 16.4. The lowest BCUT2D eigenvalue weighted by Crippen LogP contribution is -2.47. The zero-order valence-electron chi connectivity index (χ0n) is 24.9. The molecule has 1 atom stereocenters. The number of aromatic nitrogens is 3. The fourth-order valence-corrected chi connectivity index (χ4v) is 6.14. The van der Waals surface area contributed by atoms with E-state index >= 15 is 0 Å². The summed E-state index contributed by atoms with van der Waals surface area (Å²) in [6.07, 6.45) is 7.10. The van der Waals surface area contributed by atoms with Gasteiger partial charge in [0.1, 0.15) is 17.5 Å². The second-order valence-corrected chi connectivity index (χ2v) is 12.2. The molecule has 3 aromatic rings. The van der Waals surface area contributed by atoms with E-state index in [0.717, 1.165) is 29.9 Å². The molecule has 1 aromatic heterocycles. The molecule has 0 spiro atoms. The number of thioether (sulfide) groups is 1. The third kappa shape index (κ3) is 7.95. The Labute approximate surface area is 256 Å². The van der Waals surface area contributed by atoms with Gasteiger partial charge in [0.2, 0.25) is 11.8 Å². The molecule has 2 aromatic carbocycles. The van der Waals surface area contributed by atoms with E-state index in [9.17, 15) is 14.4 Å². The maximum atomic E-state index is 13.8. The van der Waals surface area contributed by atoms with Crippen LogP contribution in [0.25, 0.3) is 0 Å². The van der Waals surface area contributed by atoms with Gasteiger partial charge in [0.15, 0.2) is 0 Å². The summed E-state index contributed by atoms with van der Waals surface area (Å²) in [6.45, 7) is 4.13. The van der Waals surface area contributed by atoms with Gasteiger partial charge in [-0.15, -0.1) is 5.10 Å². The zero-order valence-corrected chi connectivity index (χ0v) is 25.7. The van der Waals surface area contributed by atoms with Crippen molar-refractivity contribution < 1.29 is 19.1 Å². The first-order chi connectivity index (χ1) is 20.9. The summed E-state index contributed by atoms with van der Waals surface area (Å²) in [7, 11) is 0. The van der Waals surface area contributed by atoms with Crippen LogP contribution in [0.4, 0.5) is 0 Å². The first kappa shape index (κ1) is 30.6. The van der Waals surface area contributed by atoms with Crippen LogP contribution < -0.4 is 15.4 Å². The van der Waals surface area contributed by atoms with E-state index in [2.05, 4.69) is 33.1 Å². The fraction of sp³-hybridized carbons (Fsp3) is 0.469. The average Bonchev–Trinajstić information content (AvgIpc) is 3.65. The van der Waals surface area contributed by atoms with Crippen molar-refractivity contribution >= 4 is 29.5 Å². The van der Waals surface area contributed by atoms with Crippen LogP contribution in [-0.4, -0.2) is 75.4 Å². The summed E-state index contributed by atoms with van der Waals surface area (Å²) in [5, 5.41) is 14.6. The van der Waals surface area contributed by atoms with Gasteiger partial charge in [0, 0.05) is 37.5 Å². The Morgan fingerprint density at radius 3 is 2.65 bits per heavy atom. The fourth-order valence-electron chi connectivity index (χ4n) is 5.67. The van der Waals surface area contributed by atoms with Gasteiger partial charge < -0.3 is 20.3 Å². The van der Waals surface area contributed by atoms with Crippen molar-refractivity contribution in [3.05, 3.63) is 76.6 Å². The smallest absolute Gasteiger partial charge is 0.252 e. The normalized spacial score (nSPS) is 18.7. The molecule has 2 heterocycles. The van der Waals surface area contributed by atoms with E-state index in [1.807, 2.05) is 48.5 Å². The standard InChI is InChI=1S/C32H40N6O4S/c1-22-9-10-27-19-28(22)30(39)34-29(11-16-43-2)31(40)33-12-5-13-37(20-26-21-38(36-35-26)14-6-15-42-27)32(41)25-17-23-7-3-4-8-24(23)18-25/h3-4,7-10,19,21,25,29H,5-6,11-18,20H2,1-2H3,(H,33,40)(H,34,39)/t29-/m0/s1. The van der Waals surface area contributed by atoms with Gasteiger partial charge in [-0.3, -0.25) is 19.1 Å². The van der Waals surface area contributed by atoms with Gasteiger partial charge in [-0.25, -0.2) is 0 Å². The Balaban J connectivity index is 1.32. The van der Waals surface area contributed by atoms with Crippen LogP contribution >= 0.6 is 11.8 Å². The van der Waals surface area contributed by atoms with Crippen LogP contribution in [0.2, 0.25) is 0 Å². The highest BCUT2D eigenvalue weighted by atomic mass is 32.2. The maximum Gasteiger partial charge on any atom is 0.252 e. The van der Waals surface area contributed by atoms with Crippen molar-refractivity contribution in [2.45, 2.75) is 58.2 Å². The predicted octanol–water partition coefficient (Wildman–Crippen LogP) is 3.17. The Morgan fingerprint density at radius 1 is 1.09 bits per heavy atom. The van der Waals surface area contributed by atoms with Gasteiger partial charge in [0.25, 0.3) is 5.91 Å². The highest BCUT2D eigenvalue weighted by Crippen LogP contribution is 2.28. The van der Waals surface area contributed by atoms with Gasteiger partial charge >= 0.3 is 0 Å². The van der Waals surface area contributed by atoms with Crippen molar-refractivity contribution in [1.82, 2.24) is 30.5 Å². The molecule has 2 N–H and O–H groups in total. The molecule has 1 aliphatic heterocycles. The molecule has 43 heavy (non-hydrogen) atoms. The molecule has 0 fully saturated rings. The molecule has 0 unspecified atom stereocenters. The summed E-state index contributed by atoms with van der Waals surface area (Å²) >= 11 is 1.63. The Morgan fingerprint density at radius 2 is 1.88 bits per heavy atom. The molecule has 1 aliphatic carbocycles.